The fourth-order valence-corrected chi connectivity index (χ4v) is 5.07. The Morgan fingerprint density at radius 1 is 1.27 bits per heavy atom. The lowest BCUT2D eigenvalue weighted by Gasteiger charge is -2.22. The molecule has 0 bridgehead atoms. The number of nitrogens with one attached hydrogen (secondary N) is 1. The van der Waals surface area contributed by atoms with Gasteiger partial charge in [0.1, 0.15) is 5.58 Å². The van der Waals surface area contributed by atoms with Crippen LogP contribution in [-0.4, -0.2) is 50.4 Å². The molecule has 1 fully saturated rings. The number of benzene rings is 1. The van der Waals surface area contributed by atoms with Crippen molar-refractivity contribution >= 4 is 32.4 Å². The number of carbonyl (C=O) groups is 1. The summed E-state index contributed by atoms with van der Waals surface area (Å²) in [4.78, 5) is 25.7. The van der Waals surface area contributed by atoms with Gasteiger partial charge in [-0.2, -0.15) is 0 Å². The summed E-state index contributed by atoms with van der Waals surface area (Å²) >= 11 is 0. The molecular formula is C18H22N2O5S. The molecule has 1 saturated heterocycles. The number of fused-ring (bicyclic) bond motifs is 1. The van der Waals surface area contributed by atoms with Gasteiger partial charge in [0.15, 0.2) is 9.84 Å². The molecule has 0 saturated carbocycles. The number of rotatable bonds is 4. The molecule has 2 heterocycles. The highest BCUT2D eigenvalue weighted by Gasteiger charge is 2.31. The highest BCUT2D eigenvalue weighted by molar-refractivity contribution is 7.91. The lowest BCUT2D eigenvalue weighted by Crippen LogP contribution is -2.38. The van der Waals surface area contributed by atoms with Gasteiger partial charge >= 0.3 is 5.63 Å². The van der Waals surface area contributed by atoms with Crippen molar-refractivity contribution in [2.24, 2.45) is 0 Å². The number of anilines is 1. The van der Waals surface area contributed by atoms with Gasteiger partial charge in [0.05, 0.1) is 18.1 Å². The van der Waals surface area contributed by atoms with E-state index in [1.807, 2.05) is 13.8 Å². The summed E-state index contributed by atoms with van der Waals surface area (Å²) in [5.41, 5.74) is 2.29. The van der Waals surface area contributed by atoms with Crippen LogP contribution in [0.15, 0.2) is 27.4 Å². The monoisotopic (exact) mass is 378 g/mol. The van der Waals surface area contributed by atoms with Gasteiger partial charge in [-0.25, -0.2) is 13.2 Å². The van der Waals surface area contributed by atoms with E-state index in [1.54, 1.807) is 24.1 Å². The molecule has 2 aromatic rings. The van der Waals surface area contributed by atoms with Gasteiger partial charge in [0, 0.05) is 23.2 Å². The van der Waals surface area contributed by atoms with Crippen molar-refractivity contribution in [1.29, 1.82) is 0 Å². The van der Waals surface area contributed by atoms with Crippen molar-refractivity contribution in [3.05, 3.63) is 39.7 Å². The molecule has 0 aliphatic carbocycles. The number of aryl methyl sites for hydroxylation is 2. The zero-order valence-electron chi connectivity index (χ0n) is 15.0. The summed E-state index contributed by atoms with van der Waals surface area (Å²) in [6, 6.07) is 4.81. The predicted molar refractivity (Wildman–Crippen MR) is 100 cm³/mol. The molecule has 26 heavy (non-hydrogen) atoms. The van der Waals surface area contributed by atoms with Crippen molar-refractivity contribution in [1.82, 2.24) is 4.90 Å². The lowest BCUT2D eigenvalue weighted by atomic mass is 10.1. The highest BCUT2D eigenvalue weighted by atomic mass is 32.2. The molecule has 1 aromatic heterocycles. The molecular weight excluding hydrogens is 356 g/mol. The normalized spacial score (nSPS) is 19.2. The molecule has 1 N–H and O–H groups in total. The number of hydrogen-bond acceptors (Lipinski definition) is 6. The molecule has 1 aliphatic heterocycles. The first kappa shape index (κ1) is 18.6. The molecule has 140 valence electrons. The molecule has 1 atom stereocenters. The Bertz CT molecular complexity index is 1030. The van der Waals surface area contributed by atoms with Crippen molar-refractivity contribution < 1.29 is 17.6 Å². The number of likely N-dealkylation sites (N-methyl/N-ethyl adjacent to an activating group) is 1. The van der Waals surface area contributed by atoms with Crippen LogP contribution < -0.4 is 10.9 Å². The smallest absolute Gasteiger partial charge is 0.336 e. The maximum absolute atomic E-state index is 12.4. The Hall–Kier alpha value is -2.19. The molecule has 7 nitrogen and oxygen atoms in total. The second kappa shape index (κ2) is 6.85. The quantitative estimate of drug-likeness (QED) is 0.809. The van der Waals surface area contributed by atoms with Gasteiger partial charge in [-0.15, -0.1) is 0 Å². The minimum Gasteiger partial charge on any atom is -0.423 e. The molecule has 0 spiro atoms. The fraction of sp³-hybridized carbons (Fsp3) is 0.444. The summed E-state index contributed by atoms with van der Waals surface area (Å²) in [7, 11) is -1.22. The Balaban J connectivity index is 1.75. The van der Waals surface area contributed by atoms with E-state index in [1.165, 1.54) is 6.07 Å². The Labute approximate surface area is 151 Å². The van der Waals surface area contributed by atoms with Crippen LogP contribution in [0.1, 0.15) is 17.5 Å². The van der Waals surface area contributed by atoms with Crippen LogP contribution in [0.25, 0.3) is 11.0 Å². The minimum atomic E-state index is -2.98. The summed E-state index contributed by atoms with van der Waals surface area (Å²) in [5, 5.41) is 3.63. The van der Waals surface area contributed by atoms with E-state index >= 15 is 0 Å². The first-order valence-electron chi connectivity index (χ1n) is 8.40. The van der Waals surface area contributed by atoms with Crippen molar-refractivity contribution in [3.8, 4) is 0 Å². The van der Waals surface area contributed by atoms with Crippen LogP contribution in [0.3, 0.4) is 0 Å². The first-order chi connectivity index (χ1) is 12.1. The van der Waals surface area contributed by atoms with Crippen molar-refractivity contribution in [2.45, 2.75) is 26.3 Å². The zero-order valence-corrected chi connectivity index (χ0v) is 15.9. The van der Waals surface area contributed by atoms with Crippen LogP contribution in [0.2, 0.25) is 0 Å². The second-order valence-corrected chi connectivity index (χ2v) is 9.16. The summed E-state index contributed by atoms with van der Waals surface area (Å²) in [6.07, 6.45) is 0.555. The largest absolute Gasteiger partial charge is 0.423 e. The third-order valence-corrected chi connectivity index (χ3v) is 6.55. The Morgan fingerprint density at radius 2 is 2.00 bits per heavy atom. The number of nitrogens with zero attached hydrogens (tertiary/aromatic N) is 1. The van der Waals surface area contributed by atoms with Crippen LogP contribution >= 0.6 is 0 Å². The SMILES string of the molecule is Cc1cc2oc(=O)cc(C)c2cc1NC(=O)CN(C)C1CCS(=O)(=O)C1. The number of carbonyl (C=O) groups excluding carboxylic acids is 1. The van der Waals surface area contributed by atoms with Crippen LogP contribution in [0, 0.1) is 13.8 Å². The Morgan fingerprint density at radius 3 is 2.65 bits per heavy atom. The third kappa shape index (κ3) is 3.96. The van der Waals surface area contributed by atoms with Gasteiger partial charge in [-0.3, -0.25) is 9.69 Å². The highest BCUT2D eigenvalue weighted by Crippen LogP contribution is 2.25. The zero-order chi connectivity index (χ0) is 19.1. The average molecular weight is 378 g/mol. The second-order valence-electron chi connectivity index (χ2n) is 6.93. The topological polar surface area (TPSA) is 96.7 Å². The van der Waals surface area contributed by atoms with Gasteiger partial charge in [-0.05, 0) is 50.6 Å². The molecule has 1 amide bonds. The van der Waals surface area contributed by atoms with Crippen molar-refractivity contribution in [2.75, 3.05) is 30.4 Å². The number of hydrogen-bond donors (Lipinski definition) is 1. The standard InChI is InChI=1S/C18H22N2O5S/c1-11-7-18(22)25-16-6-12(2)15(8-14(11)16)19-17(21)9-20(3)13-4-5-26(23,24)10-13/h6-8,13H,4-5,9-10H2,1-3H3,(H,19,21). The number of amides is 1. The van der Waals surface area contributed by atoms with Crippen LogP contribution in [-0.2, 0) is 14.6 Å². The molecule has 1 unspecified atom stereocenters. The fourth-order valence-electron chi connectivity index (χ4n) is 3.27. The van der Waals surface area contributed by atoms with Gasteiger partial charge in [0.25, 0.3) is 0 Å². The third-order valence-electron chi connectivity index (χ3n) is 4.80. The first-order valence-corrected chi connectivity index (χ1v) is 10.2. The van der Waals surface area contributed by atoms with Crippen LogP contribution in [0.5, 0.6) is 0 Å². The van der Waals surface area contributed by atoms with E-state index in [0.29, 0.717) is 17.7 Å². The van der Waals surface area contributed by atoms with Gasteiger partial charge < -0.3 is 9.73 Å². The lowest BCUT2D eigenvalue weighted by molar-refractivity contribution is -0.117. The van der Waals surface area contributed by atoms with E-state index in [2.05, 4.69) is 5.32 Å². The molecule has 8 heteroatoms. The number of sulfone groups is 1. The maximum atomic E-state index is 12.4. The van der Waals surface area contributed by atoms with E-state index in [0.717, 1.165) is 16.5 Å². The van der Waals surface area contributed by atoms with E-state index < -0.39 is 15.5 Å². The van der Waals surface area contributed by atoms with Gasteiger partial charge in [0.2, 0.25) is 5.91 Å². The summed E-state index contributed by atoms with van der Waals surface area (Å²) in [6.45, 7) is 3.75. The summed E-state index contributed by atoms with van der Waals surface area (Å²) in [5.74, 6) is 0.0660. The minimum absolute atomic E-state index is 0.101. The molecule has 1 aromatic carbocycles. The summed E-state index contributed by atoms with van der Waals surface area (Å²) < 4.78 is 28.4. The predicted octanol–water partition coefficient (Wildman–Crippen LogP) is 1.47. The van der Waals surface area contributed by atoms with Crippen LogP contribution in [0.4, 0.5) is 5.69 Å². The van der Waals surface area contributed by atoms with E-state index in [4.69, 9.17) is 4.42 Å². The average Bonchev–Trinajstić information content (AvgIpc) is 2.89. The van der Waals surface area contributed by atoms with E-state index in [9.17, 15) is 18.0 Å². The Kier molecular flexibility index (Phi) is 4.90. The van der Waals surface area contributed by atoms with Crippen molar-refractivity contribution in [3.63, 3.8) is 0 Å². The van der Waals surface area contributed by atoms with Gasteiger partial charge in [-0.1, -0.05) is 0 Å². The van der Waals surface area contributed by atoms with E-state index in [-0.39, 0.29) is 30.0 Å². The molecule has 0 radical (unpaired) electrons. The molecule has 3 rings (SSSR count). The maximum Gasteiger partial charge on any atom is 0.336 e. The molecule has 1 aliphatic rings.